The highest BCUT2D eigenvalue weighted by atomic mass is 16.2. The first kappa shape index (κ1) is 13.5. The number of carbonyl (C=O) groups is 1. The third-order valence-electron chi connectivity index (χ3n) is 3.75. The maximum absolute atomic E-state index is 11.7. The second-order valence-electron chi connectivity index (χ2n) is 4.85. The summed E-state index contributed by atoms with van der Waals surface area (Å²) in [6, 6.07) is 0.611. The number of amides is 1. The molecule has 2 atom stereocenters. The molecule has 0 spiro atoms. The Balaban J connectivity index is 2.20. The van der Waals surface area contributed by atoms with Crippen LogP contribution in [0.1, 0.15) is 46.0 Å². The summed E-state index contributed by atoms with van der Waals surface area (Å²) in [6.07, 6.45) is 5.38. The molecule has 3 nitrogen and oxygen atoms in total. The summed E-state index contributed by atoms with van der Waals surface area (Å²) < 4.78 is 0. The highest BCUT2D eigenvalue weighted by Gasteiger charge is 2.27. The Morgan fingerprint density at radius 3 is 2.75 bits per heavy atom. The van der Waals surface area contributed by atoms with E-state index in [1.807, 2.05) is 7.05 Å². The van der Waals surface area contributed by atoms with E-state index in [2.05, 4.69) is 24.1 Å². The number of nitrogens with one attached hydrogen (secondary N) is 1. The Bertz CT molecular complexity index is 214. The molecule has 1 aliphatic rings. The second kappa shape index (κ2) is 6.89. The van der Waals surface area contributed by atoms with Crippen LogP contribution in [0.15, 0.2) is 0 Å². The van der Waals surface area contributed by atoms with Crippen LogP contribution in [0, 0.1) is 5.92 Å². The van der Waals surface area contributed by atoms with Gasteiger partial charge in [-0.25, -0.2) is 0 Å². The Labute approximate surface area is 99.6 Å². The van der Waals surface area contributed by atoms with Crippen LogP contribution in [0.4, 0.5) is 0 Å². The van der Waals surface area contributed by atoms with Gasteiger partial charge in [0.2, 0.25) is 5.91 Å². The molecule has 0 aliphatic carbocycles. The van der Waals surface area contributed by atoms with Crippen LogP contribution in [0.5, 0.6) is 0 Å². The quantitative estimate of drug-likeness (QED) is 0.720. The second-order valence-corrected chi connectivity index (χ2v) is 4.85. The Kier molecular flexibility index (Phi) is 5.81. The number of rotatable bonds is 7. The van der Waals surface area contributed by atoms with Crippen LogP contribution in [0.2, 0.25) is 0 Å². The minimum Gasteiger partial charge on any atom is -0.342 e. The predicted octanol–water partition coefficient (Wildman–Crippen LogP) is 2.02. The van der Waals surface area contributed by atoms with Gasteiger partial charge in [-0.05, 0) is 32.2 Å². The molecule has 2 unspecified atom stereocenters. The summed E-state index contributed by atoms with van der Waals surface area (Å²) in [5.74, 6) is 0.975. The van der Waals surface area contributed by atoms with E-state index in [0.717, 1.165) is 32.4 Å². The van der Waals surface area contributed by atoms with Gasteiger partial charge in [0.15, 0.2) is 0 Å². The van der Waals surface area contributed by atoms with Gasteiger partial charge in [-0.15, -0.1) is 0 Å². The summed E-state index contributed by atoms with van der Waals surface area (Å²) >= 11 is 0. The standard InChI is InChI=1S/C13H26N2O/c1-4-11-9-13(16)15(10-11)8-6-7-12(5-2)14-3/h11-12,14H,4-10H2,1-3H3. The third-order valence-corrected chi connectivity index (χ3v) is 3.75. The van der Waals surface area contributed by atoms with Crippen LogP contribution >= 0.6 is 0 Å². The first-order chi connectivity index (χ1) is 7.71. The maximum Gasteiger partial charge on any atom is 0.222 e. The van der Waals surface area contributed by atoms with E-state index in [9.17, 15) is 4.79 Å². The fourth-order valence-electron chi connectivity index (χ4n) is 2.42. The van der Waals surface area contributed by atoms with E-state index >= 15 is 0 Å². The van der Waals surface area contributed by atoms with Crippen molar-refractivity contribution in [3.05, 3.63) is 0 Å². The molecule has 1 aliphatic heterocycles. The van der Waals surface area contributed by atoms with Crippen molar-refractivity contribution in [2.75, 3.05) is 20.1 Å². The number of hydrogen-bond acceptors (Lipinski definition) is 2. The van der Waals surface area contributed by atoms with Crippen molar-refractivity contribution < 1.29 is 4.79 Å². The lowest BCUT2D eigenvalue weighted by Crippen LogP contribution is -2.29. The lowest BCUT2D eigenvalue weighted by Gasteiger charge is -2.19. The normalized spacial score (nSPS) is 22.8. The number of hydrogen-bond donors (Lipinski definition) is 1. The van der Waals surface area contributed by atoms with Crippen molar-refractivity contribution in [3.8, 4) is 0 Å². The summed E-state index contributed by atoms with van der Waals surface area (Å²) in [5, 5.41) is 3.30. The van der Waals surface area contributed by atoms with Gasteiger partial charge in [0.1, 0.15) is 0 Å². The average Bonchev–Trinajstić information content (AvgIpc) is 2.66. The molecule has 0 radical (unpaired) electrons. The van der Waals surface area contributed by atoms with Crippen molar-refractivity contribution in [1.29, 1.82) is 0 Å². The SMILES string of the molecule is CCC1CC(=O)N(CCCC(CC)NC)C1. The van der Waals surface area contributed by atoms with Crippen LogP contribution < -0.4 is 5.32 Å². The van der Waals surface area contributed by atoms with E-state index in [-0.39, 0.29) is 0 Å². The molecule has 0 aromatic heterocycles. The monoisotopic (exact) mass is 226 g/mol. The van der Waals surface area contributed by atoms with Crippen molar-refractivity contribution in [2.45, 2.75) is 52.0 Å². The van der Waals surface area contributed by atoms with Gasteiger partial charge in [-0.1, -0.05) is 20.3 Å². The van der Waals surface area contributed by atoms with Crippen molar-refractivity contribution in [2.24, 2.45) is 5.92 Å². The van der Waals surface area contributed by atoms with E-state index in [1.165, 1.54) is 12.8 Å². The summed E-state index contributed by atoms with van der Waals surface area (Å²) in [4.78, 5) is 13.7. The Hall–Kier alpha value is -0.570. The lowest BCUT2D eigenvalue weighted by atomic mass is 10.1. The van der Waals surface area contributed by atoms with Crippen LogP contribution in [-0.4, -0.2) is 37.0 Å². The van der Waals surface area contributed by atoms with Gasteiger partial charge in [0, 0.05) is 25.6 Å². The summed E-state index contributed by atoms with van der Waals surface area (Å²) in [7, 11) is 2.02. The average molecular weight is 226 g/mol. The molecule has 1 amide bonds. The fraction of sp³-hybridized carbons (Fsp3) is 0.923. The van der Waals surface area contributed by atoms with Crippen LogP contribution in [0.3, 0.4) is 0 Å². The fourth-order valence-corrected chi connectivity index (χ4v) is 2.42. The first-order valence-corrected chi connectivity index (χ1v) is 6.66. The molecular formula is C13H26N2O. The summed E-state index contributed by atoms with van der Waals surface area (Å²) in [5.41, 5.74) is 0. The maximum atomic E-state index is 11.7. The predicted molar refractivity (Wildman–Crippen MR) is 67.4 cm³/mol. The molecule has 0 bridgehead atoms. The minimum atomic E-state index is 0.365. The van der Waals surface area contributed by atoms with E-state index in [0.29, 0.717) is 17.9 Å². The van der Waals surface area contributed by atoms with Gasteiger partial charge >= 0.3 is 0 Å². The largest absolute Gasteiger partial charge is 0.342 e. The molecule has 1 N–H and O–H groups in total. The lowest BCUT2D eigenvalue weighted by molar-refractivity contribution is -0.127. The molecule has 0 saturated carbocycles. The van der Waals surface area contributed by atoms with Gasteiger partial charge in [0.25, 0.3) is 0 Å². The molecule has 3 heteroatoms. The molecular weight excluding hydrogens is 200 g/mol. The number of nitrogens with zero attached hydrogens (tertiary/aromatic N) is 1. The zero-order valence-corrected chi connectivity index (χ0v) is 11.0. The van der Waals surface area contributed by atoms with Gasteiger partial charge in [0.05, 0.1) is 0 Å². The van der Waals surface area contributed by atoms with E-state index in [1.54, 1.807) is 0 Å². The Morgan fingerprint density at radius 2 is 2.25 bits per heavy atom. The molecule has 0 aromatic rings. The number of likely N-dealkylation sites (tertiary alicyclic amines) is 1. The van der Waals surface area contributed by atoms with E-state index in [4.69, 9.17) is 0 Å². The molecule has 16 heavy (non-hydrogen) atoms. The van der Waals surface area contributed by atoms with Gasteiger partial charge < -0.3 is 10.2 Å². The molecule has 1 rings (SSSR count). The smallest absolute Gasteiger partial charge is 0.222 e. The Morgan fingerprint density at radius 1 is 1.50 bits per heavy atom. The molecule has 94 valence electrons. The highest BCUT2D eigenvalue weighted by molar-refractivity contribution is 5.78. The van der Waals surface area contributed by atoms with Crippen molar-refractivity contribution in [1.82, 2.24) is 10.2 Å². The first-order valence-electron chi connectivity index (χ1n) is 6.66. The summed E-state index contributed by atoms with van der Waals surface area (Å²) in [6.45, 7) is 6.32. The molecule has 0 aromatic carbocycles. The topological polar surface area (TPSA) is 32.3 Å². The molecule has 1 saturated heterocycles. The van der Waals surface area contributed by atoms with Gasteiger partial charge in [-0.3, -0.25) is 4.79 Å². The van der Waals surface area contributed by atoms with Gasteiger partial charge in [-0.2, -0.15) is 0 Å². The van der Waals surface area contributed by atoms with Crippen LogP contribution in [0.25, 0.3) is 0 Å². The minimum absolute atomic E-state index is 0.365. The zero-order valence-electron chi connectivity index (χ0n) is 11.0. The number of carbonyl (C=O) groups excluding carboxylic acids is 1. The molecule has 1 heterocycles. The van der Waals surface area contributed by atoms with Crippen LogP contribution in [-0.2, 0) is 4.79 Å². The van der Waals surface area contributed by atoms with Crippen molar-refractivity contribution >= 4 is 5.91 Å². The van der Waals surface area contributed by atoms with E-state index < -0.39 is 0 Å². The van der Waals surface area contributed by atoms with Crippen molar-refractivity contribution in [3.63, 3.8) is 0 Å². The molecule has 1 fully saturated rings. The zero-order chi connectivity index (χ0) is 12.0. The highest BCUT2D eigenvalue weighted by Crippen LogP contribution is 2.20. The third kappa shape index (κ3) is 3.78.